The van der Waals surface area contributed by atoms with Crippen LogP contribution in [0.25, 0.3) is 0 Å². The molecule has 1 heterocycles. The third kappa shape index (κ3) is 9.08. The number of phosphoric acid groups is 1. The highest BCUT2D eigenvalue weighted by Gasteiger charge is 2.56. The van der Waals surface area contributed by atoms with Crippen LogP contribution in [0.1, 0.15) is 27.7 Å². The summed E-state index contributed by atoms with van der Waals surface area (Å²) in [6.45, 7) is 3.89. The first-order valence-electron chi connectivity index (χ1n) is 12.0. The second-order valence-electron chi connectivity index (χ2n) is 8.43. The van der Waals surface area contributed by atoms with Gasteiger partial charge in [-0.05, 0) is 24.3 Å². The van der Waals surface area contributed by atoms with Gasteiger partial charge in [0.05, 0.1) is 0 Å². The van der Waals surface area contributed by atoms with Gasteiger partial charge in [-0.2, -0.15) is 0 Å². The number of carbonyl (C=O) groups excluding carboxylic acids is 4. The number of hydrogen-bond donors (Lipinski definition) is 0. The van der Waals surface area contributed by atoms with Gasteiger partial charge in [0.2, 0.25) is 6.29 Å². The van der Waals surface area contributed by atoms with E-state index in [0.717, 1.165) is 27.7 Å². The van der Waals surface area contributed by atoms with Crippen LogP contribution in [0.3, 0.4) is 0 Å². The molecule has 40 heavy (non-hydrogen) atoms. The number of phosphoric ester groups is 1. The molecule has 0 amide bonds. The molecule has 14 heteroatoms. The van der Waals surface area contributed by atoms with Gasteiger partial charge in [0, 0.05) is 27.7 Å². The molecule has 1 fully saturated rings. The van der Waals surface area contributed by atoms with Crippen molar-refractivity contribution >= 4 is 31.7 Å². The predicted molar refractivity (Wildman–Crippen MR) is 135 cm³/mol. The van der Waals surface area contributed by atoms with Gasteiger partial charge < -0.3 is 32.7 Å². The maximum Gasteiger partial charge on any atom is 0.588 e. The van der Waals surface area contributed by atoms with E-state index in [4.69, 9.17) is 37.3 Å². The van der Waals surface area contributed by atoms with Crippen LogP contribution in [0.4, 0.5) is 0 Å². The van der Waals surface area contributed by atoms with Crippen molar-refractivity contribution in [3.63, 3.8) is 0 Å². The minimum atomic E-state index is -4.69. The van der Waals surface area contributed by atoms with Crippen molar-refractivity contribution in [3.05, 3.63) is 60.7 Å². The third-order valence-electron chi connectivity index (χ3n) is 5.10. The zero-order chi connectivity index (χ0) is 29.3. The van der Waals surface area contributed by atoms with Gasteiger partial charge in [-0.25, -0.2) is 4.57 Å². The Kier molecular flexibility index (Phi) is 10.7. The fourth-order valence-electron chi connectivity index (χ4n) is 3.67. The Morgan fingerprint density at radius 2 is 1.15 bits per heavy atom. The summed E-state index contributed by atoms with van der Waals surface area (Å²) in [5, 5.41) is 0. The SMILES string of the molecule is CC(=O)OC[C@H]1O[C@H](OC(C)=O)[C@H](OP(=O)(Oc2ccccc2)Oc2ccccc2)[C@@H](OC(C)=O)[C@@H]1OC(C)=O. The molecule has 1 saturated heterocycles. The van der Waals surface area contributed by atoms with E-state index in [1.54, 1.807) is 36.4 Å². The molecule has 0 spiro atoms. The Bertz CT molecular complexity index is 1170. The summed E-state index contributed by atoms with van der Waals surface area (Å²) < 4.78 is 58.1. The van der Waals surface area contributed by atoms with Crippen molar-refractivity contribution in [2.75, 3.05) is 6.61 Å². The van der Waals surface area contributed by atoms with Gasteiger partial charge in [0.1, 0.15) is 24.2 Å². The van der Waals surface area contributed by atoms with E-state index >= 15 is 0 Å². The van der Waals surface area contributed by atoms with Crippen LogP contribution in [0.15, 0.2) is 60.7 Å². The fourth-order valence-corrected chi connectivity index (χ4v) is 5.07. The molecule has 13 nitrogen and oxygen atoms in total. The zero-order valence-corrected chi connectivity index (χ0v) is 23.0. The van der Waals surface area contributed by atoms with Gasteiger partial charge >= 0.3 is 31.7 Å². The average molecular weight is 580 g/mol. The topological polar surface area (TPSA) is 159 Å². The molecule has 0 N–H and O–H groups in total. The minimum absolute atomic E-state index is 0.0934. The van der Waals surface area contributed by atoms with Crippen LogP contribution >= 0.6 is 7.82 Å². The van der Waals surface area contributed by atoms with Crippen LogP contribution in [-0.4, -0.2) is 61.2 Å². The number of esters is 4. The largest absolute Gasteiger partial charge is 0.588 e. The molecular weight excluding hydrogens is 551 g/mol. The van der Waals surface area contributed by atoms with Crippen molar-refractivity contribution < 1.29 is 61.0 Å². The van der Waals surface area contributed by atoms with Crippen molar-refractivity contribution in [2.24, 2.45) is 0 Å². The number of carbonyl (C=O) groups is 4. The number of para-hydroxylation sites is 2. The lowest BCUT2D eigenvalue weighted by molar-refractivity contribution is -0.293. The highest BCUT2D eigenvalue weighted by atomic mass is 31.2. The third-order valence-corrected chi connectivity index (χ3v) is 6.47. The molecule has 2 aromatic carbocycles. The second kappa shape index (κ2) is 13.9. The van der Waals surface area contributed by atoms with Crippen molar-refractivity contribution in [2.45, 2.75) is 58.4 Å². The fraction of sp³-hybridized carbons (Fsp3) is 0.385. The molecule has 0 aliphatic carbocycles. The highest BCUT2D eigenvalue weighted by Crippen LogP contribution is 2.52. The molecule has 0 radical (unpaired) electrons. The standard InChI is InChI=1S/C26H29O13P/c1-16(27)32-15-22-23(33-17(2)28)24(34-18(3)29)25(26(36-22)35-19(4)30)39-40(31,37-20-11-7-5-8-12-20)38-21-13-9-6-10-14-21/h5-14,22-26H,15H2,1-4H3/t22-,23-,24+,25-,26+/m1/s1. The lowest BCUT2D eigenvalue weighted by atomic mass is 9.98. The lowest BCUT2D eigenvalue weighted by Gasteiger charge is -2.44. The van der Waals surface area contributed by atoms with E-state index in [9.17, 15) is 23.7 Å². The molecule has 1 aliphatic rings. The van der Waals surface area contributed by atoms with Gasteiger partial charge in [-0.3, -0.25) is 23.7 Å². The van der Waals surface area contributed by atoms with E-state index in [2.05, 4.69) is 0 Å². The minimum Gasteiger partial charge on any atom is -0.463 e. The molecule has 216 valence electrons. The van der Waals surface area contributed by atoms with Crippen LogP contribution < -0.4 is 9.05 Å². The second-order valence-corrected chi connectivity index (χ2v) is 9.90. The smallest absolute Gasteiger partial charge is 0.463 e. The molecule has 5 atom stereocenters. The first-order chi connectivity index (χ1) is 19.0. The summed E-state index contributed by atoms with van der Waals surface area (Å²) in [5.74, 6) is -3.01. The number of benzene rings is 2. The monoisotopic (exact) mass is 580 g/mol. The molecule has 1 aliphatic heterocycles. The summed E-state index contributed by atoms with van der Waals surface area (Å²) in [5.41, 5.74) is 0. The van der Waals surface area contributed by atoms with E-state index in [1.807, 2.05) is 0 Å². The molecule has 0 aromatic heterocycles. The van der Waals surface area contributed by atoms with Gasteiger partial charge in [0.25, 0.3) is 0 Å². The summed E-state index contributed by atoms with van der Waals surface area (Å²) in [6.07, 6.45) is -7.76. The zero-order valence-electron chi connectivity index (χ0n) is 22.1. The summed E-state index contributed by atoms with van der Waals surface area (Å²) in [6, 6.07) is 15.8. The van der Waals surface area contributed by atoms with E-state index in [1.165, 1.54) is 24.3 Å². The predicted octanol–water partition coefficient (Wildman–Crippen LogP) is 3.35. The van der Waals surface area contributed by atoms with Crippen molar-refractivity contribution in [1.29, 1.82) is 0 Å². The van der Waals surface area contributed by atoms with Gasteiger partial charge in [0.15, 0.2) is 18.3 Å². The molecule has 0 saturated carbocycles. The molecule has 3 rings (SSSR count). The Labute approximate surface area is 230 Å². The Morgan fingerprint density at radius 3 is 1.60 bits per heavy atom. The Morgan fingerprint density at radius 1 is 0.675 bits per heavy atom. The van der Waals surface area contributed by atoms with Crippen molar-refractivity contribution in [3.8, 4) is 11.5 Å². The number of ether oxygens (including phenoxy) is 5. The summed E-state index contributed by atoms with van der Waals surface area (Å²) in [4.78, 5) is 47.6. The van der Waals surface area contributed by atoms with Crippen LogP contribution in [0, 0.1) is 0 Å². The van der Waals surface area contributed by atoms with Gasteiger partial charge in [-0.1, -0.05) is 36.4 Å². The van der Waals surface area contributed by atoms with Crippen LogP contribution in [0.5, 0.6) is 11.5 Å². The number of hydrogen-bond acceptors (Lipinski definition) is 13. The maximum absolute atomic E-state index is 14.1. The number of rotatable bonds is 11. The Hall–Kier alpha value is -3.93. The van der Waals surface area contributed by atoms with E-state index in [0.29, 0.717) is 0 Å². The quantitative estimate of drug-likeness (QED) is 0.217. The first-order valence-corrected chi connectivity index (χ1v) is 13.5. The summed E-state index contributed by atoms with van der Waals surface area (Å²) >= 11 is 0. The molecular formula is C26H29O13P. The lowest BCUT2D eigenvalue weighted by Crippen LogP contribution is -2.62. The normalized spacial score (nSPS) is 22.4. The first kappa shape index (κ1) is 30.6. The van der Waals surface area contributed by atoms with E-state index < -0.39 is 69.0 Å². The summed E-state index contributed by atoms with van der Waals surface area (Å²) in [7, 11) is -4.69. The average Bonchev–Trinajstić information content (AvgIpc) is 2.86. The van der Waals surface area contributed by atoms with E-state index in [-0.39, 0.29) is 11.5 Å². The maximum atomic E-state index is 14.1. The van der Waals surface area contributed by atoms with Gasteiger partial charge in [-0.15, -0.1) is 0 Å². The van der Waals surface area contributed by atoms with Crippen molar-refractivity contribution in [1.82, 2.24) is 0 Å². The molecule has 0 bridgehead atoms. The van der Waals surface area contributed by atoms with Crippen LogP contribution in [-0.2, 0) is 52.0 Å². The Balaban J connectivity index is 2.07. The molecule has 2 aromatic rings. The van der Waals surface area contributed by atoms with Crippen LogP contribution in [0.2, 0.25) is 0 Å². The molecule has 0 unspecified atom stereocenters. The highest BCUT2D eigenvalue weighted by molar-refractivity contribution is 7.49.